The van der Waals surface area contributed by atoms with Crippen LogP contribution in [0.1, 0.15) is 0 Å². The molecule has 4 aromatic heterocycles. The minimum atomic E-state index is 0.635. The van der Waals surface area contributed by atoms with Crippen LogP contribution in [0, 0.1) is 0 Å². The van der Waals surface area contributed by atoms with Crippen molar-refractivity contribution in [1.82, 2.24) is 24.1 Å². The summed E-state index contributed by atoms with van der Waals surface area (Å²) in [6, 6.07) is 66.4. The number of nitrogens with zero attached hydrogens (tertiary/aromatic N) is 5. The lowest BCUT2D eigenvalue weighted by Crippen LogP contribution is -2.01. The molecule has 0 aliphatic heterocycles. The average molecular weight is 746 g/mol. The van der Waals surface area contributed by atoms with E-state index in [4.69, 9.17) is 15.0 Å². The number of thiophene rings is 1. The number of rotatable bonds is 5. The summed E-state index contributed by atoms with van der Waals surface area (Å²) in [6.45, 7) is 0. The van der Waals surface area contributed by atoms with Gasteiger partial charge in [-0.25, -0.2) is 15.0 Å². The van der Waals surface area contributed by atoms with E-state index < -0.39 is 0 Å². The van der Waals surface area contributed by atoms with Crippen LogP contribution >= 0.6 is 11.3 Å². The molecule has 8 aromatic carbocycles. The summed E-state index contributed by atoms with van der Waals surface area (Å²) in [6.07, 6.45) is 0. The molecular weight excluding hydrogens is 715 g/mol. The van der Waals surface area contributed by atoms with Crippen LogP contribution in [0.2, 0.25) is 0 Å². The van der Waals surface area contributed by atoms with Gasteiger partial charge < -0.3 is 9.13 Å². The van der Waals surface area contributed by atoms with Crippen LogP contribution < -0.4 is 0 Å². The van der Waals surface area contributed by atoms with Gasteiger partial charge >= 0.3 is 0 Å². The molecule has 12 aromatic rings. The minimum absolute atomic E-state index is 0.635. The number of para-hydroxylation sites is 3. The van der Waals surface area contributed by atoms with Gasteiger partial charge in [-0.2, -0.15) is 0 Å². The van der Waals surface area contributed by atoms with E-state index in [-0.39, 0.29) is 0 Å². The highest BCUT2D eigenvalue weighted by atomic mass is 32.1. The molecule has 0 radical (unpaired) electrons. The first-order chi connectivity index (χ1) is 28.3. The zero-order valence-corrected chi connectivity index (χ0v) is 31.4. The number of hydrogen-bond donors (Lipinski definition) is 0. The van der Waals surface area contributed by atoms with Gasteiger partial charge in [-0.1, -0.05) is 140 Å². The van der Waals surface area contributed by atoms with Gasteiger partial charge in [-0.15, -0.1) is 11.3 Å². The van der Waals surface area contributed by atoms with Crippen LogP contribution in [0.3, 0.4) is 0 Å². The molecule has 266 valence electrons. The Morgan fingerprint density at radius 2 is 0.737 bits per heavy atom. The van der Waals surface area contributed by atoms with Gasteiger partial charge in [0.15, 0.2) is 17.5 Å². The molecule has 0 amide bonds. The summed E-state index contributed by atoms with van der Waals surface area (Å²) in [4.78, 5) is 15.0. The average Bonchev–Trinajstić information content (AvgIpc) is 3.95. The minimum Gasteiger partial charge on any atom is -0.309 e. The largest absolute Gasteiger partial charge is 0.309 e. The van der Waals surface area contributed by atoms with Gasteiger partial charge in [0.1, 0.15) is 0 Å². The molecule has 0 aliphatic carbocycles. The molecule has 0 bridgehead atoms. The Morgan fingerprint density at radius 1 is 0.316 bits per heavy atom. The zero-order chi connectivity index (χ0) is 37.5. The molecule has 12 rings (SSSR count). The maximum atomic E-state index is 5.05. The maximum absolute atomic E-state index is 5.05. The van der Waals surface area contributed by atoms with Crippen molar-refractivity contribution in [3.63, 3.8) is 0 Å². The van der Waals surface area contributed by atoms with Gasteiger partial charge in [0.05, 0.1) is 22.1 Å². The predicted molar refractivity (Wildman–Crippen MR) is 238 cm³/mol. The highest BCUT2D eigenvalue weighted by molar-refractivity contribution is 7.27. The summed E-state index contributed by atoms with van der Waals surface area (Å²) < 4.78 is 7.42. The molecule has 5 nitrogen and oxygen atoms in total. The Bertz CT molecular complexity index is 3450. The highest BCUT2D eigenvalue weighted by Crippen LogP contribution is 2.47. The Hall–Kier alpha value is -7.41. The first kappa shape index (κ1) is 31.9. The van der Waals surface area contributed by atoms with Crippen molar-refractivity contribution in [2.75, 3.05) is 0 Å². The lowest BCUT2D eigenvalue weighted by Gasteiger charge is -2.11. The quantitative estimate of drug-likeness (QED) is 0.176. The molecule has 0 spiro atoms. The van der Waals surface area contributed by atoms with E-state index in [1.165, 1.54) is 64.0 Å². The molecule has 0 fully saturated rings. The van der Waals surface area contributed by atoms with Crippen molar-refractivity contribution >= 4 is 75.1 Å². The molecule has 0 saturated carbocycles. The second kappa shape index (κ2) is 12.6. The van der Waals surface area contributed by atoms with Crippen LogP contribution in [-0.2, 0) is 0 Å². The second-order valence-corrected chi connectivity index (χ2v) is 15.4. The van der Waals surface area contributed by atoms with Crippen LogP contribution in [0.15, 0.2) is 188 Å². The molecule has 0 aliphatic rings. The lowest BCUT2D eigenvalue weighted by atomic mass is 10.1. The number of benzene rings is 8. The van der Waals surface area contributed by atoms with Crippen LogP contribution in [0.4, 0.5) is 0 Å². The van der Waals surface area contributed by atoms with Crippen LogP contribution in [0.5, 0.6) is 0 Å². The van der Waals surface area contributed by atoms with Crippen molar-refractivity contribution in [2.45, 2.75) is 0 Å². The van der Waals surface area contributed by atoms with Gasteiger partial charge in [-0.05, 0) is 48.5 Å². The van der Waals surface area contributed by atoms with E-state index in [1.807, 2.05) is 72.0 Å². The molecule has 0 unspecified atom stereocenters. The third-order valence-electron chi connectivity index (χ3n) is 11.2. The summed E-state index contributed by atoms with van der Waals surface area (Å²) in [7, 11) is 0. The lowest BCUT2D eigenvalue weighted by molar-refractivity contribution is 1.07. The monoisotopic (exact) mass is 745 g/mol. The Labute approximate surface area is 331 Å². The molecular formula is C51H31N5S. The molecule has 6 heteroatoms. The molecule has 57 heavy (non-hydrogen) atoms. The van der Waals surface area contributed by atoms with E-state index in [1.54, 1.807) is 0 Å². The van der Waals surface area contributed by atoms with E-state index in [0.717, 1.165) is 27.9 Å². The third-order valence-corrected chi connectivity index (χ3v) is 12.4. The number of hydrogen-bond acceptors (Lipinski definition) is 4. The first-order valence-corrected chi connectivity index (χ1v) is 19.9. The van der Waals surface area contributed by atoms with Crippen molar-refractivity contribution in [3.8, 4) is 45.5 Å². The smallest absolute Gasteiger partial charge is 0.164 e. The molecule has 0 saturated heterocycles. The topological polar surface area (TPSA) is 48.5 Å². The normalized spacial score (nSPS) is 11.9. The van der Waals surface area contributed by atoms with E-state index >= 15 is 0 Å². The fraction of sp³-hybridized carbons (Fsp3) is 0. The number of fused-ring (bicyclic) bond motifs is 11. The van der Waals surface area contributed by atoms with E-state index in [9.17, 15) is 0 Å². The van der Waals surface area contributed by atoms with Gasteiger partial charge in [0.2, 0.25) is 0 Å². The van der Waals surface area contributed by atoms with Crippen molar-refractivity contribution in [2.24, 2.45) is 0 Å². The standard InChI is InChI=1S/C51H31N5S/c1-4-15-32(16-5-1)49-52-50(33-17-6-2-7-18-33)54-51(53-49)34-19-14-22-36(31-34)56-42-26-13-11-24-40(42)46-44(56)30-28-38-37-27-29-43-45(47(37)57-48(38)46)39-23-10-12-25-41(39)55(43)35-20-8-3-9-21-35/h1-31H. The van der Waals surface area contributed by atoms with Crippen LogP contribution in [-0.4, -0.2) is 24.1 Å². The molecule has 4 heterocycles. The zero-order valence-electron chi connectivity index (χ0n) is 30.5. The fourth-order valence-electron chi connectivity index (χ4n) is 8.65. The van der Waals surface area contributed by atoms with Crippen molar-refractivity contribution in [3.05, 3.63) is 188 Å². The summed E-state index contributed by atoms with van der Waals surface area (Å²) in [5.74, 6) is 1.93. The third kappa shape index (κ3) is 4.91. The number of aromatic nitrogens is 5. The Kier molecular flexibility index (Phi) is 7.03. The van der Waals surface area contributed by atoms with E-state index in [2.05, 4.69) is 137 Å². The highest BCUT2D eigenvalue weighted by Gasteiger charge is 2.22. The van der Waals surface area contributed by atoms with Gasteiger partial charge in [-0.3, -0.25) is 0 Å². The van der Waals surface area contributed by atoms with Gasteiger partial charge in [0, 0.05) is 69.8 Å². The van der Waals surface area contributed by atoms with Crippen molar-refractivity contribution in [1.29, 1.82) is 0 Å². The Morgan fingerprint density at radius 3 is 1.28 bits per heavy atom. The Balaban J connectivity index is 1.08. The summed E-state index contributed by atoms with van der Waals surface area (Å²) >= 11 is 1.91. The molecule has 0 atom stereocenters. The summed E-state index contributed by atoms with van der Waals surface area (Å²) in [5.41, 5.74) is 9.81. The van der Waals surface area contributed by atoms with Crippen LogP contribution in [0.25, 0.3) is 109 Å². The van der Waals surface area contributed by atoms with Crippen molar-refractivity contribution < 1.29 is 0 Å². The van der Waals surface area contributed by atoms with Gasteiger partial charge in [0.25, 0.3) is 0 Å². The fourth-order valence-corrected chi connectivity index (χ4v) is 10.1. The molecule has 0 N–H and O–H groups in total. The van der Waals surface area contributed by atoms with E-state index in [0.29, 0.717) is 17.5 Å². The predicted octanol–water partition coefficient (Wildman–Crippen LogP) is 13.4. The first-order valence-electron chi connectivity index (χ1n) is 19.1. The summed E-state index contributed by atoms with van der Waals surface area (Å²) in [5, 5.41) is 7.65. The second-order valence-electron chi connectivity index (χ2n) is 14.4. The SMILES string of the molecule is c1ccc(-c2nc(-c3ccccc3)nc(-c3cccc(-n4c5ccccc5c5c6sc7c(ccc8c7c7ccccc7n8-c7ccccc7)c6ccc54)c3)n2)cc1. The maximum Gasteiger partial charge on any atom is 0.164 e.